The van der Waals surface area contributed by atoms with Gasteiger partial charge in [-0.3, -0.25) is 0 Å². The van der Waals surface area contributed by atoms with Crippen LogP contribution in [0.1, 0.15) is 10.8 Å². The summed E-state index contributed by atoms with van der Waals surface area (Å²) < 4.78 is 6.65. The van der Waals surface area contributed by atoms with Crippen LogP contribution in [0.25, 0.3) is 32.9 Å². The Morgan fingerprint density at radius 3 is 2.67 bits per heavy atom. The molecule has 0 unspecified atom stereocenters. The van der Waals surface area contributed by atoms with Crippen molar-refractivity contribution in [1.29, 1.82) is 5.26 Å². The number of benzene rings is 2. The second-order valence-electron chi connectivity index (χ2n) is 5.61. The molecule has 0 amide bonds. The third kappa shape index (κ3) is 3.31. The average molecular weight is 413 g/mol. The molecule has 2 aromatic heterocycles. The van der Waals surface area contributed by atoms with Gasteiger partial charge in [-0.25, -0.2) is 4.98 Å². The Balaban J connectivity index is 1.77. The van der Waals surface area contributed by atoms with Crippen LogP contribution in [0, 0.1) is 11.3 Å². The van der Waals surface area contributed by atoms with Gasteiger partial charge in [0.1, 0.15) is 22.4 Å². The number of hydrogen-bond acceptors (Lipinski definition) is 5. The lowest BCUT2D eigenvalue weighted by Gasteiger charge is -2.02. The number of nitrogens with zero attached hydrogens (tertiary/aromatic N) is 2. The molecule has 2 aromatic carbocycles. The monoisotopic (exact) mass is 412 g/mol. The molecule has 27 heavy (non-hydrogen) atoms. The van der Waals surface area contributed by atoms with E-state index in [9.17, 15) is 10.4 Å². The van der Waals surface area contributed by atoms with E-state index < -0.39 is 0 Å². The van der Waals surface area contributed by atoms with Gasteiger partial charge in [-0.15, -0.1) is 11.3 Å². The van der Waals surface area contributed by atoms with Crippen molar-refractivity contribution in [3.05, 3.63) is 75.4 Å². The van der Waals surface area contributed by atoms with Gasteiger partial charge in [0.2, 0.25) is 0 Å². The molecule has 4 aromatic rings. The molecule has 0 saturated heterocycles. The Labute approximate surface area is 168 Å². The number of furan rings is 1. The van der Waals surface area contributed by atoms with Crippen molar-refractivity contribution in [2.24, 2.45) is 0 Å². The summed E-state index contributed by atoms with van der Waals surface area (Å²) in [5, 5.41) is 21.5. The van der Waals surface area contributed by atoms with E-state index in [2.05, 4.69) is 4.98 Å². The fourth-order valence-electron chi connectivity index (χ4n) is 2.60. The lowest BCUT2D eigenvalue weighted by atomic mass is 10.2. The van der Waals surface area contributed by atoms with Gasteiger partial charge in [0, 0.05) is 10.6 Å². The summed E-state index contributed by atoms with van der Waals surface area (Å²) in [6, 6.07) is 17.9. The van der Waals surface area contributed by atoms with Crippen molar-refractivity contribution in [3.63, 3.8) is 0 Å². The molecule has 4 rings (SSSR count). The first-order valence-corrected chi connectivity index (χ1v) is 9.39. The third-order valence-electron chi connectivity index (χ3n) is 3.89. The topological polar surface area (TPSA) is 70.0 Å². The molecular weight excluding hydrogens is 403 g/mol. The van der Waals surface area contributed by atoms with Crippen molar-refractivity contribution < 1.29 is 9.52 Å². The van der Waals surface area contributed by atoms with Gasteiger partial charge in [0.15, 0.2) is 11.5 Å². The first-order chi connectivity index (χ1) is 13.1. The van der Waals surface area contributed by atoms with Crippen LogP contribution in [0.3, 0.4) is 0 Å². The van der Waals surface area contributed by atoms with E-state index in [0.29, 0.717) is 26.4 Å². The summed E-state index contributed by atoms with van der Waals surface area (Å²) >= 11 is 13.5. The maximum atomic E-state index is 10.6. The number of aliphatic hydroxyl groups is 1. The quantitative estimate of drug-likeness (QED) is 0.296. The van der Waals surface area contributed by atoms with Crippen molar-refractivity contribution >= 4 is 56.1 Å². The zero-order chi connectivity index (χ0) is 19.0. The molecule has 132 valence electrons. The Morgan fingerprint density at radius 1 is 1.11 bits per heavy atom. The zero-order valence-corrected chi connectivity index (χ0v) is 15.9. The minimum atomic E-state index is -0.270. The van der Waals surface area contributed by atoms with Gasteiger partial charge in [0.05, 0.1) is 15.2 Å². The molecule has 4 nitrogen and oxygen atoms in total. The smallest absolute Gasteiger partial charge is 0.179 e. The first-order valence-electron chi connectivity index (χ1n) is 7.81. The SMILES string of the molecule is N#CC(=C(O)c1ccc(-c2ccc(Cl)cc2Cl)o1)c1nc2ccccc2s1. The van der Waals surface area contributed by atoms with E-state index in [1.165, 1.54) is 11.3 Å². The number of allylic oxidation sites excluding steroid dienone is 1. The summed E-state index contributed by atoms with van der Waals surface area (Å²) in [6.45, 7) is 0. The zero-order valence-electron chi connectivity index (χ0n) is 13.6. The lowest BCUT2D eigenvalue weighted by Crippen LogP contribution is -1.88. The predicted molar refractivity (Wildman–Crippen MR) is 109 cm³/mol. The highest BCUT2D eigenvalue weighted by molar-refractivity contribution is 7.19. The minimum Gasteiger partial charge on any atom is -0.503 e. The Morgan fingerprint density at radius 2 is 1.93 bits per heavy atom. The normalized spacial score (nSPS) is 12.0. The summed E-state index contributed by atoms with van der Waals surface area (Å²) in [6.07, 6.45) is 0. The molecular formula is C20H10Cl2N2O2S. The predicted octanol–water partition coefficient (Wildman–Crippen LogP) is 6.81. The van der Waals surface area contributed by atoms with E-state index >= 15 is 0 Å². The number of aliphatic hydroxyl groups excluding tert-OH is 1. The van der Waals surface area contributed by atoms with Crippen molar-refractivity contribution in [2.45, 2.75) is 0 Å². The number of hydrogen-bond donors (Lipinski definition) is 1. The number of halogens is 2. The first kappa shape index (κ1) is 17.6. The standard InChI is InChI=1S/C20H10Cl2N2O2S/c21-11-5-6-12(14(22)9-11)16-7-8-17(26-16)19(25)13(10-23)20-24-15-3-1-2-4-18(15)27-20/h1-9,25H. The Hall–Kier alpha value is -2.78. The number of rotatable bonds is 3. The van der Waals surface area contributed by atoms with Crippen LogP contribution in [0.4, 0.5) is 0 Å². The van der Waals surface area contributed by atoms with E-state index in [4.69, 9.17) is 27.6 Å². The van der Waals surface area contributed by atoms with E-state index in [0.717, 1.165) is 10.2 Å². The number of fused-ring (bicyclic) bond motifs is 1. The molecule has 1 N–H and O–H groups in total. The molecule has 0 saturated carbocycles. The highest BCUT2D eigenvalue weighted by Gasteiger charge is 2.18. The molecule has 0 fully saturated rings. The number of para-hydroxylation sites is 1. The lowest BCUT2D eigenvalue weighted by molar-refractivity contribution is 0.466. The second kappa shape index (κ2) is 7.09. The van der Waals surface area contributed by atoms with Crippen LogP contribution >= 0.6 is 34.5 Å². The van der Waals surface area contributed by atoms with Crippen LogP contribution in [-0.2, 0) is 0 Å². The fourth-order valence-corrected chi connectivity index (χ4v) is 4.07. The van der Waals surface area contributed by atoms with Crippen molar-refractivity contribution in [3.8, 4) is 17.4 Å². The molecule has 0 aliphatic carbocycles. The third-order valence-corrected chi connectivity index (χ3v) is 5.49. The van der Waals surface area contributed by atoms with Gasteiger partial charge < -0.3 is 9.52 Å². The van der Waals surface area contributed by atoms with Crippen LogP contribution in [0.2, 0.25) is 10.0 Å². The van der Waals surface area contributed by atoms with Gasteiger partial charge in [0.25, 0.3) is 0 Å². The number of thiazole rings is 1. The molecule has 0 aliphatic heterocycles. The van der Waals surface area contributed by atoms with E-state index in [-0.39, 0.29) is 17.1 Å². The minimum absolute atomic E-state index is 0.0549. The van der Waals surface area contributed by atoms with Crippen LogP contribution in [0.15, 0.2) is 59.0 Å². The maximum absolute atomic E-state index is 10.6. The van der Waals surface area contributed by atoms with Gasteiger partial charge in [-0.05, 0) is 42.5 Å². The van der Waals surface area contributed by atoms with Gasteiger partial charge in [-0.2, -0.15) is 5.26 Å². The molecule has 0 bridgehead atoms. The van der Waals surface area contributed by atoms with Gasteiger partial charge >= 0.3 is 0 Å². The van der Waals surface area contributed by atoms with Crippen LogP contribution < -0.4 is 0 Å². The average Bonchev–Trinajstić information content (AvgIpc) is 3.29. The summed E-state index contributed by atoms with van der Waals surface area (Å²) in [5.74, 6) is 0.347. The fraction of sp³-hybridized carbons (Fsp3) is 0. The maximum Gasteiger partial charge on any atom is 0.179 e. The Bertz CT molecular complexity index is 1200. The molecule has 0 spiro atoms. The van der Waals surface area contributed by atoms with Gasteiger partial charge in [-0.1, -0.05) is 35.3 Å². The largest absolute Gasteiger partial charge is 0.503 e. The summed E-state index contributed by atoms with van der Waals surface area (Å²) in [4.78, 5) is 4.42. The number of aromatic nitrogens is 1. The highest BCUT2D eigenvalue weighted by Crippen LogP contribution is 2.35. The molecule has 2 heterocycles. The van der Waals surface area contributed by atoms with Crippen molar-refractivity contribution in [1.82, 2.24) is 4.98 Å². The Kier molecular flexibility index (Phi) is 4.63. The van der Waals surface area contributed by atoms with Crippen LogP contribution in [-0.4, -0.2) is 10.1 Å². The second-order valence-corrected chi connectivity index (χ2v) is 7.48. The summed E-state index contributed by atoms with van der Waals surface area (Å²) in [5.41, 5.74) is 1.46. The molecule has 7 heteroatoms. The van der Waals surface area contributed by atoms with Crippen LogP contribution in [0.5, 0.6) is 0 Å². The molecule has 0 radical (unpaired) electrons. The van der Waals surface area contributed by atoms with Crippen molar-refractivity contribution in [2.75, 3.05) is 0 Å². The highest BCUT2D eigenvalue weighted by atomic mass is 35.5. The van der Waals surface area contributed by atoms with E-state index in [1.54, 1.807) is 30.3 Å². The number of nitriles is 1. The summed E-state index contributed by atoms with van der Waals surface area (Å²) in [7, 11) is 0. The molecule has 0 aliphatic rings. The van der Waals surface area contributed by atoms with E-state index in [1.807, 2.05) is 30.3 Å². The molecule has 0 atom stereocenters.